The van der Waals surface area contributed by atoms with Crippen molar-refractivity contribution in [1.82, 2.24) is 10.2 Å². The summed E-state index contributed by atoms with van der Waals surface area (Å²) in [5.41, 5.74) is 0.346. The van der Waals surface area contributed by atoms with E-state index in [1.807, 2.05) is 0 Å². The van der Waals surface area contributed by atoms with Crippen molar-refractivity contribution in [3.8, 4) is 0 Å². The van der Waals surface area contributed by atoms with Gasteiger partial charge in [-0.1, -0.05) is 41.5 Å². The summed E-state index contributed by atoms with van der Waals surface area (Å²) in [4.78, 5) is 2.48. The summed E-state index contributed by atoms with van der Waals surface area (Å²) in [6.45, 7) is 18.1. The average Bonchev–Trinajstić information content (AvgIpc) is 2.10. The van der Waals surface area contributed by atoms with Crippen LogP contribution in [0.5, 0.6) is 0 Å². The quantitative estimate of drug-likeness (QED) is 0.708. The van der Waals surface area contributed by atoms with Crippen molar-refractivity contribution >= 4 is 0 Å². The molecule has 2 heteroatoms. The van der Waals surface area contributed by atoms with Crippen LogP contribution >= 0.6 is 0 Å². The van der Waals surface area contributed by atoms with Crippen LogP contribution in [0, 0.1) is 5.41 Å². The van der Waals surface area contributed by atoms with Crippen molar-refractivity contribution in [2.75, 3.05) is 26.2 Å². The smallest absolute Gasteiger partial charge is 0.0243 e. The fourth-order valence-electron chi connectivity index (χ4n) is 1.63. The van der Waals surface area contributed by atoms with Crippen molar-refractivity contribution in [2.45, 2.75) is 47.6 Å². The van der Waals surface area contributed by atoms with E-state index < -0.39 is 0 Å². The third kappa shape index (κ3) is 4.97. The molecule has 0 saturated carbocycles. The van der Waals surface area contributed by atoms with Crippen molar-refractivity contribution in [1.29, 1.82) is 0 Å². The van der Waals surface area contributed by atoms with Gasteiger partial charge < -0.3 is 10.2 Å². The molecule has 2 nitrogen and oxygen atoms in total. The first kappa shape index (κ1) is 13.9. The monoisotopic (exact) mass is 200 g/mol. The fraction of sp³-hybridized carbons (Fsp3) is 1.00. The van der Waals surface area contributed by atoms with Gasteiger partial charge in [0.05, 0.1) is 0 Å². The molecule has 0 aromatic carbocycles. The molecule has 0 aromatic heterocycles. The molecule has 0 aromatic rings. The minimum Gasteiger partial charge on any atom is -0.312 e. The Morgan fingerprint density at radius 2 is 1.57 bits per heavy atom. The standard InChI is InChI=1S/C12H28N2/c1-7-13-11(12(4,5)6)10-14(8-2)9-3/h11,13H,7-10H2,1-6H3. The third-order valence-electron chi connectivity index (χ3n) is 2.83. The number of hydrogen-bond acceptors (Lipinski definition) is 2. The second-order valence-electron chi connectivity index (χ2n) is 4.96. The second-order valence-corrected chi connectivity index (χ2v) is 4.96. The molecule has 0 saturated heterocycles. The SMILES string of the molecule is CCNC(CN(CC)CC)C(C)(C)C. The lowest BCUT2D eigenvalue weighted by Gasteiger charge is -2.35. The van der Waals surface area contributed by atoms with E-state index >= 15 is 0 Å². The zero-order valence-corrected chi connectivity index (χ0v) is 10.9. The normalized spacial score (nSPS) is 14.8. The number of nitrogens with zero attached hydrogens (tertiary/aromatic N) is 1. The van der Waals surface area contributed by atoms with Gasteiger partial charge in [0.1, 0.15) is 0 Å². The summed E-state index contributed by atoms with van der Waals surface area (Å²) < 4.78 is 0. The van der Waals surface area contributed by atoms with Crippen LogP contribution in [0.2, 0.25) is 0 Å². The summed E-state index contributed by atoms with van der Waals surface area (Å²) >= 11 is 0. The van der Waals surface area contributed by atoms with E-state index in [1.165, 1.54) is 0 Å². The van der Waals surface area contributed by atoms with E-state index in [4.69, 9.17) is 0 Å². The Kier molecular flexibility index (Phi) is 6.38. The molecule has 0 rings (SSSR count). The van der Waals surface area contributed by atoms with Crippen molar-refractivity contribution in [3.63, 3.8) is 0 Å². The summed E-state index contributed by atoms with van der Waals surface area (Å²) in [6, 6.07) is 0.590. The van der Waals surface area contributed by atoms with Crippen LogP contribution in [0.3, 0.4) is 0 Å². The molecule has 0 aliphatic rings. The molecule has 0 spiro atoms. The maximum Gasteiger partial charge on any atom is 0.0243 e. The highest BCUT2D eigenvalue weighted by molar-refractivity contribution is 4.82. The Balaban J connectivity index is 4.21. The van der Waals surface area contributed by atoms with Crippen LogP contribution in [0.25, 0.3) is 0 Å². The summed E-state index contributed by atoms with van der Waals surface area (Å²) in [5.74, 6) is 0. The summed E-state index contributed by atoms with van der Waals surface area (Å²) in [5, 5.41) is 3.58. The largest absolute Gasteiger partial charge is 0.312 e. The summed E-state index contributed by atoms with van der Waals surface area (Å²) in [7, 11) is 0. The molecular formula is C12H28N2. The second kappa shape index (κ2) is 6.41. The summed E-state index contributed by atoms with van der Waals surface area (Å²) in [6.07, 6.45) is 0. The molecular weight excluding hydrogens is 172 g/mol. The van der Waals surface area contributed by atoms with Gasteiger partial charge >= 0.3 is 0 Å². The Morgan fingerprint density at radius 1 is 1.07 bits per heavy atom. The molecule has 0 bridgehead atoms. The highest BCUT2D eigenvalue weighted by Crippen LogP contribution is 2.19. The number of likely N-dealkylation sites (N-methyl/N-ethyl adjacent to an activating group) is 2. The van der Waals surface area contributed by atoms with Gasteiger partial charge in [-0.2, -0.15) is 0 Å². The first-order chi connectivity index (χ1) is 6.45. The Labute approximate surface area is 90.1 Å². The molecule has 0 amide bonds. The Hall–Kier alpha value is -0.0800. The zero-order valence-electron chi connectivity index (χ0n) is 10.9. The van der Waals surface area contributed by atoms with Crippen molar-refractivity contribution in [3.05, 3.63) is 0 Å². The van der Waals surface area contributed by atoms with Gasteiger partial charge in [-0.25, -0.2) is 0 Å². The molecule has 14 heavy (non-hydrogen) atoms. The van der Waals surface area contributed by atoms with E-state index in [2.05, 4.69) is 51.8 Å². The molecule has 0 radical (unpaired) electrons. The highest BCUT2D eigenvalue weighted by atomic mass is 15.1. The minimum atomic E-state index is 0.346. The lowest BCUT2D eigenvalue weighted by atomic mass is 9.86. The maximum atomic E-state index is 3.58. The molecule has 0 fully saturated rings. The first-order valence-electron chi connectivity index (χ1n) is 5.91. The average molecular weight is 200 g/mol. The van der Waals surface area contributed by atoms with Gasteiger partial charge in [0, 0.05) is 12.6 Å². The molecule has 1 atom stereocenters. The van der Waals surface area contributed by atoms with E-state index in [9.17, 15) is 0 Å². The van der Waals surface area contributed by atoms with Gasteiger partial charge in [-0.15, -0.1) is 0 Å². The number of hydrogen-bond donors (Lipinski definition) is 1. The van der Waals surface area contributed by atoms with Crippen LogP contribution in [-0.2, 0) is 0 Å². The Morgan fingerprint density at radius 3 is 1.86 bits per heavy atom. The fourth-order valence-corrected chi connectivity index (χ4v) is 1.63. The topological polar surface area (TPSA) is 15.3 Å². The molecule has 1 unspecified atom stereocenters. The predicted molar refractivity (Wildman–Crippen MR) is 64.7 cm³/mol. The van der Waals surface area contributed by atoms with E-state index in [-0.39, 0.29) is 0 Å². The predicted octanol–water partition coefficient (Wildman–Crippen LogP) is 2.35. The van der Waals surface area contributed by atoms with Gasteiger partial charge in [0.25, 0.3) is 0 Å². The van der Waals surface area contributed by atoms with E-state index in [0.717, 1.165) is 26.2 Å². The lowest BCUT2D eigenvalue weighted by molar-refractivity contribution is 0.184. The minimum absolute atomic E-state index is 0.346. The molecule has 0 aliphatic carbocycles. The van der Waals surface area contributed by atoms with Crippen molar-refractivity contribution < 1.29 is 0 Å². The van der Waals surface area contributed by atoms with E-state index in [1.54, 1.807) is 0 Å². The molecule has 0 heterocycles. The zero-order chi connectivity index (χ0) is 11.2. The van der Waals surface area contributed by atoms with Crippen LogP contribution in [0.15, 0.2) is 0 Å². The molecule has 0 aliphatic heterocycles. The van der Waals surface area contributed by atoms with Gasteiger partial charge in [0.2, 0.25) is 0 Å². The van der Waals surface area contributed by atoms with Crippen LogP contribution in [-0.4, -0.2) is 37.1 Å². The van der Waals surface area contributed by atoms with Gasteiger partial charge in [-0.05, 0) is 25.0 Å². The highest BCUT2D eigenvalue weighted by Gasteiger charge is 2.24. The van der Waals surface area contributed by atoms with Crippen molar-refractivity contribution in [2.24, 2.45) is 5.41 Å². The molecule has 1 N–H and O–H groups in total. The first-order valence-corrected chi connectivity index (χ1v) is 5.91. The van der Waals surface area contributed by atoms with Crippen LogP contribution in [0.1, 0.15) is 41.5 Å². The maximum absolute atomic E-state index is 3.58. The van der Waals surface area contributed by atoms with E-state index in [0.29, 0.717) is 11.5 Å². The Bertz CT molecular complexity index is 134. The number of nitrogens with one attached hydrogen (secondary N) is 1. The lowest BCUT2D eigenvalue weighted by Crippen LogP contribution is -2.48. The number of rotatable bonds is 6. The van der Waals surface area contributed by atoms with Crippen LogP contribution < -0.4 is 5.32 Å². The van der Waals surface area contributed by atoms with Gasteiger partial charge in [-0.3, -0.25) is 0 Å². The van der Waals surface area contributed by atoms with Crippen LogP contribution in [0.4, 0.5) is 0 Å². The van der Waals surface area contributed by atoms with Gasteiger partial charge in [0.15, 0.2) is 0 Å². The molecule has 86 valence electrons. The third-order valence-corrected chi connectivity index (χ3v) is 2.83.